The van der Waals surface area contributed by atoms with Gasteiger partial charge in [-0.25, -0.2) is 0 Å². The van der Waals surface area contributed by atoms with Crippen LogP contribution in [-0.2, 0) is 43.5 Å². The van der Waals surface area contributed by atoms with E-state index < -0.39 is 36.8 Å². The molecular formula is C37H40O6. The fraction of sp³-hybridized carbons (Fsp3) is 0.297. The molecule has 0 aliphatic carbocycles. The van der Waals surface area contributed by atoms with Gasteiger partial charge in [0.2, 0.25) is 0 Å². The molecule has 0 amide bonds. The van der Waals surface area contributed by atoms with Crippen LogP contribution >= 0.6 is 0 Å². The van der Waals surface area contributed by atoms with Crippen LogP contribution in [0.3, 0.4) is 0 Å². The van der Waals surface area contributed by atoms with Crippen molar-refractivity contribution in [1.29, 1.82) is 0 Å². The number of hydrogen-bond donors (Lipinski definition) is 1. The molecule has 4 aromatic carbocycles. The molecule has 6 heteroatoms. The van der Waals surface area contributed by atoms with Crippen molar-refractivity contribution < 1.29 is 28.8 Å². The van der Waals surface area contributed by atoms with E-state index in [4.69, 9.17) is 23.7 Å². The second-order valence-electron chi connectivity index (χ2n) is 10.7. The molecule has 1 saturated heterocycles. The first-order valence-corrected chi connectivity index (χ1v) is 14.7. The molecule has 6 atom stereocenters. The Morgan fingerprint density at radius 1 is 0.651 bits per heavy atom. The average molecular weight is 581 g/mol. The third-order valence-electron chi connectivity index (χ3n) is 7.58. The van der Waals surface area contributed by atoms with Crippen LogP contribution in [0.4, 0.5) is 0 Å². The van der Waals surface area contributed by atoms with Crippen LogP contribution < -0.4 is 0 Å². The third kappa shape index (κ3) is 8.27. The van der Waals surface area contributed by atoms with Gasteiger partial charge in [-0.1, -0.05) is 121 Å². The number of hydrogen-bond acceptors (Lipinski definition) is 6. The molecule has 0 saturated carbocycles. The topological polar surface area (TPSA) is 66.4 Å². The highest BCUT2D eigenvalue weighted by Gasteiger charge is 2.51. The summed E-state index contributed by atoms with van der Waals surface area (Å²) >= 11 is 0. The Morgan fingerprint density at radius 3 is 1.63 bits per heavy atom. The standard InChI is InChI=1S/C37H40O6/c1-3-23-39-37-36(42-26-30-20-11-6-12-21-30)35(41-25-29-18-9-5-10-19-29)34(40-24-28-16-7-4-8-17-28)33(43-37)32(38)31-22-14-13-15-27(31)2/h3-22,32-38H,1,23-26H2,2H3/t32?,33-,34-,35+,36-,37+/m1/s1. The van der Waals surface area contributed by atoms with Gasteiger partial charge >= 0.3 is 0 Å². The van der Waals surface area contributed by atoms with Gasteiger partial charge in [0.1, 0.15) is 30.5 Å². The van der Waals surface area contributed by atoms with Crippen molar-refractivity contribution in [3.05, 3.63) is 156 Å². The molecule has 0 bridgehead atoms. The van der Waals surface area contributed by atoms with Gasteiger partial charge in [-0.2, -0.15) is 0 Å². The second kappa shape index (κ2) is 15.7. The van der Waals surface area contributed by atoms with Crippen molar-refractivity contribution in [3.8, 4) is 0 Å². The van der Waals surface area contributed by atoms with E-state index in [1.165, 1.54) is 0 Å². The molecule has 43 heavy (non-hydrogen) atoms. The lowest BCUT2D eigenvalue weighted by Gasteiger charge is -2.47. The highest BCUT2D eigenvalue weighted by atomic mass is 16.7. The Balaban J connectivity index is 1.51. The Morgan fingerprint density at radius 2 is 1.12 bits per heavy atom. The van der Waals surface area contributed by atoms with E-state index >= 15 is 0 Å². The summed E-state index contributed by atoms with van der Waals surface area (Å²) in [6, 6.07) is 37.6. The van der Waals surface area contributed by atoms with Gasteiger partial charge in [-0.3, -0.25) is 0 Å². The monoisotopic (exact) mass is 580 g/mol. The highest BCUT2D eigenvalue weighted by Crippen LogP contribution is 2.37. The molecule has 0 spiro atoms. The van der Waals surface area contributed by atoms with Crippen LogP contribution in [-0.4, -0.2) is 42.4 Å². The van der Waals surface area contributed by atoms with E-state index in [1.807, 2.05) is 122 Å². The number of ether oxygens (including phenoxy) is 5. The molecule has 0 radical (unpaired) electrons. The smallest absolute Gasteiger partial charge is 0.187 e. The first kappa shape index (κ1) is 30.8. The molecule has 4 aromatic rings. The van der Waals surface area contributed by atoms with Crippen LogP contribution in [0.2, 0.25) is 0 Å². The van der Waals surface area contributed by atoms with Gasteiger partial charge < -0.3 is 28.8 Å². The zero-order valence-electron chi connectivity index (χ0n) is 24.5. The minimum atomic E-state index is -1.00. The maximum Gasteiger partial charge on any atom is 0.187 e. The predicted octanol–water partition coefficient (Wildman–Crippen LogP) is 6.71. The van der Waals surface area contributed by atoms with Gasteiger partial charge in [0, 0.05) is 0 Å². The van der Waals surface area contributed by atoms with Crippen LogP contribution in [0, 0.1) is 6.92 Å². The summed E-state index contributed by atoms with van der Waals surface area (Å²) in [5.74, 6) is 0. The zero-order valence-corrected chi connectivity index (χ0v) is 24.5. The van der Waals surface area contributed by atoms with Crippen molar-refractivity contribution in [2.24, 2.45) is 0 Å². The fourth-order valence-electron chi connectivity index (χ4n) is 5.34. The van der Waals surface area contributed by atoms with E-state index in [1.54, 1.807) is 6.08 Å². The van der Waals surface area contributed by atoms with Crippen molar-refractivity contribution in [1.82, 2.24) is 0 Å². The fourth-order valence-corrected chi connectivity index (χ4v) is 5.34. The quantitative estimate of drug-likeness (QED) is 0.167. The molecule has 1 aliphatic rings. The molecule has 6 nitrogen and oxygen atoms in total. The third-order valence-corrected chi connectivity index (χ3v) is 7.58. The Hall–Kier alpha value is -3.62. The van der Waals surface area contributed by atoms with Gasteiger partial charge in [0.05, 0.1) is 26.4 Å². The van der Waals surface area contributed by atoms with E-state index in [0.717, 1.165) is 27.8 Å². The maximum atomic E-state index is 11.9. The molecule has 1 fully saturated rings. The summed E-state index contributed by atoms with van der Waals surface area (Å²) in [4.78, 5) is 0. The lowest BCUT2D eigenvalue weighted by atomic mass is 9.89. The largest absolute Gasteiger partial charge is 0.386 e. The normalized spacial score (nSPS) is 22.6. The Labute approximate surface area is 254 Å². The van der Waals surface area contributed by atoms with Gasteiger partial charge in [-0.05, 0) is 34.7 Å². The molecular weight excluding hydrogens is 540 g/mol. The van der Waals surface area contributed by atoms with E-state index in [0.29, 0.717) is 19.8 Å². The van der Waals surface area contributed by atoms with Crippen molar-refractivity contribution >= 4 is 0 Å². The summed E-state index contributed by atoms with van der Waals surface area (Å²) in [5.41, 5.74) is 4.73. The van der Waals surface area contributed by atoms with Crippen LogP contribution in [0.1, 0.15) is 33.9 Å². The van der Waals surface area contributed by atoms with E-state index in [-0.39, 0.29) is 6.61 Å². The molecule has 0 aromatic heterocycles. The van der Waals surface area contributed by atoms with E-state index in [9.17, 15) is 5.11 Å². The van der Waals surface area contributed by atoms with Crippen LogP contribution in [0.15, 0.2) is 128 Å². The molecule has 5 rings (SSSR count). The molecule has 224 valence electrons. The van der Waals surface area contributed by atoms with Gasteiger partial charge in [-0.15, -0.1) is 6.58 Å². The van der Waals surface area contributed by atoms with Crippen LogP contribution in [0.5, 0.6) is 0 Å². The van der Waals surface area contributed by atoms with Crippen molar-refractivity contribution in [2.45, 2.75) is 63.6 Å². The molecule has 1 unspecified atom stereocenters. The number of aryl methyl sites for hydroxylation is 1. The van der Waals surface area contributed by atoms with Gasteiger partial charge in [0.15, 0.2) is 6.29 Å². The van der Waals surface area contributed by atoms with Crippen LogP contribution in [0.25, 0.3) is 0 Å². The molecule has 1 aliphatic heterocycles. The SMILES string of the molecule is C=CCO[C@H]1O[C@H](C(O)c2ccccc2C)[C@@H](OCc2ccccc2)[C@H](OCc2ccccc2)[C@H]1OCc1ccccc1. The summed E-state index contributed by atoms with van der Waals surface area (Å²) < 4.78 is 32.6. The first-order chi connectivity index (χ1) is 21.1. The Kier molecular flexibility index (Phi) is 11.3. The first-order valence-electron chi connectivity index (χ1n) is 14.7. The Bertz CT molecular complexity index is 1380. The lowest BCUT2D eigenvalue weighted by molar-refractivity contribution is -0.333. The maximum absolute atomic E-state index is 11.9. The minimum Gasteiger partial charge on any atom is -0.386 e. The highest BCUT2D eigenvalue weighted by molar-refractivity contribution is 5.29. The number of aliphatic hydroxyl groups excluding tert-OH is 1. The summed E-state index contributed by atoms with van der Waals surface area (Å²) in [6.45, 7) is 6.99. The summed E-state index contributed by atoms with van der Waals surface area (Å²) in [5, 5.41) is 11.9. The predicted molar refractivity (Wildman–Crippen MR) is 166 cm³/mol. The summed E-state index contributed by atoms with van der Waals surface area (Å²) in [7, 11) is 0. The summed E-state index contributed by atoms with van der Waals surface area (Å²) in [6.07, 6.45) is -2.98. The molecule has 1 N–H and O–H groups in total. The number of aliphatic hydroxyl groups is 1. The lowest BCUT2D eigenvalue weighted by Crippen LogP contribution is -2.62. The van der Waals surface area contributed by atoms with Gasteiger partial charge in [0.25, 0.3) is 0 Å². The average Bonchev–Trinajstić information content (AvgIpc) is 3.06. The minimum absolute atomic E-state index is 0.240. The molecule has 1 heterocycles. The van der Waals surface area contributed by atoms with Crippen molar-refractivity contribution in [3.63, 3.8) is 0 Å². The van der Waals surface area contributed by atoms with Crippen molar-refractivity contribution in [2.75, 3.05) is 6.61 Å². The second-order valence-corrected chi connectivity index (χ2v) is 10.7. The van der Waals surface area contributed by atoms with E-state index in [2.05, 4.69) is 6.58 Å². The number of rotatable bonds is 14. The number of benzene rings is 4. The zero-order chi connectivity index (χ0) is 29.9.